The predicted molar refractivity (Wildman–Crippen MR) is 74.2 cm³/mol. The highest BCUT2D eigenvalue weighted by molar-refractivity contribution is 7.86. The highest BCUT2D eigenvalue weighted by Gasteiger charge is 2.34. The number of hydrogen-bond donors (Lipinski definition) is 1. The molecule has 6 nitrogen and oxygen atoms in total. The SMILES string of the molecule is CC1CN(S(=O)(=O)N(C)CC2CCCN2)CC(C)O1. The van der Waals surface area contributed by atoms with Gasteiger partial charge in [0, 0.05) is 32.7 Å². The van der Waals surface area contributed by atoms with Gasteiger partial charge in [-0.2, -0.15) is 17.0 Å². The van der Waals surface area contributed by atoms with E-state index in [1.807, 2.05) is 13.8 Å². The van der Waals surface area contributed by atoms with Crippen molar-refractivity contribution in [3.05, 3.63) is 0 Å². The third-order valence-corrected chi connectivity index (χ3v) is 5.63. The molecule has 0 aromatic heterocycles. The lowest BCUT2D eigenvalue weighted by Crippen LogP contribution is -2.53. The van der Waals surface area contributed by atoms with E-state index in [2.05, 4.69) is 5.32 Å². The van der Waals surface area contributed by atoms with Crippen LogP contribution in [0.2, 0.25) is 0 Å². The molecule has 2 aliphatic heterocycles. The minimum absolute atomic E-state index is 0.0449. The van der Waals surface area contributed by atoms with Crippen LogP contribution in [0, 0.1) is 0 Å². The molecule has 0 saturated carbocycles. The highest BCUT2D eigenvalue weighted by Crippen LogP contribution is 2.17. The summed E-state index contributed by atoms with van der Waals surface area (Å²) >= 11 is 0. The summed E-state index contributed by atoms with van der Waals surface area (Å²) in [6, 6.07) is 0.288. The molecule has 0 aliphatic carbocycles. The zero-order valence-corrected chi connectivity index (χ0v) is 12.8. The average molecular weight is 291 g/mol. The van der Waals surface area contributed by atoms with Gasteiger partial charge in [-0.1, -0.05) is 0 Å². The average Bonchev–Trinajstić information content (AvgIpc) is 2.80. The van der Waals surface area contributed by atoms with Gasteiger partial charge in [0.25, 0.3) is 10.2 Å². The number of morpholine rings is 1. The number of nitrogens with one attached hydrogen (secondary N) is 1. The van der Waals surface area contributed by atoms with Gasteiger partial charge in [-0.25, -0.2) is 0 Å². The first-order valence-corrected chi connectivity index (χ1v) is 8.39. The normalized spacial score (nSPS) is 34.0. The fourth-order valence-electron chi connectivity index (χ4n) is 2.83. The van der Waals surface area contributed by atoms with Gasteiger partial charge >= 0.3 is 0 Å². The Bertz CT molecular complexity index is 385. The molecular formula is C12H25N3O3S. The first kappa shape index (κ1) is 15.2. The van der Waals surface area contributed by atoms with Gasteiger partial charge in [-0.05, 0) is 33.2 Å². The Morgan fingerprint density at radius 1 is 1.32 bits per heavy atom. The van der Waals surface area contributed by atoms with Crippen molar-refractivity contribution in [2.75, 3.05) is 33.2 Å². The summed E-state index contributed by atoms with van der Waals surface area (Å²) < 4.78 is 33.7. The van der Waals surface area contributed by atoms with Crippen LogP contribution in [0.3, 0.4) is 0 Å². The summed E-state index contributed by atoms with van der Waals surface area (Å²) in [5, 5.41) is 3.33. The molecule has 1 N–H and O–H groups in total. The van der Waals surface area contributed by atoms with E-state index in [1.165, 1.54) is 4.31 Å². The summed E-state index contributed by atoms with van der Waals surface area (Å²) in [7, 11) is -1.70. The maximum absolute atomic E-state index is 12.5. The van der Waals surface area contributed by atoms with Gasteiger partial charge in [-0.15, -0.1) is 0 Å². The molecule has 2 fully saturated rings. The lowest BCUT2D eigenvalue weighted by atomic mass is 10.2. The van der Waals surface area contributed by atoms with E-state index in [1.54, 1.807) is 11.4 Å². The molecule has 2 aliphatic rings. The summed E-state index contributed by atoms with van der Waals surface area (Å²) in [6.07, 6.45) is 2.09. The Morgan fingerprint density at radius 2 is 1.95 bits per heavy atom. The Kier molecular flexibility index (Phi) is 4.84. The van der Waals surface area contributed by atoms with E-state index in [0.29, 0.717) is 19.6 Å². The highest BCUT2D eigenvalue weighted by atomic mass is 32.2. The van der Waals surface area contributed by atoms with Crippen LogP contribution in [0.5, 0.6) is 0 Å². The van der Waals surface area contributed by atoms with E-state index < -0.39 is 10.2 Å². The van der Waals surface area contributed by atoms with Crippen molar-refractivity contribution in [2.24, 2.45) is 0 Å². The second kappa shape index (κ2) is 6.05. The Balaban J connectivity index is 1.99. The lowest BCUT2D eigenvalue weighted by molar-refractivity contribution is -0.0453. The first-order chi connectivity index (χ1) is 8.89. The summed E-state index contributed by atoms with van der Waals surface area (Å²) in [5.41, 5.74) is 0. The van der Waals surface area contributed by atoms with E-state index >= 15 is 0 Å². The lowest BCUT2D eigenvalue weighted by Gasteiger charge is -2.36. The summed E-state index contributed by atoms with van der Waals surface area (Å²) in [4.78, 5) is 0. The van der Waals surface area contributed by atoms with Gasteiger partial charge in [0.1, 0.15) is 0 Å². The van der Waals surface area contributed by atoms with Crippen molar-refractivity contribution in [2.45, 2.75) is 44.9 Å². The minimum atomic E-state index is -3.37. The van der Waals surface area contributed by atoms with Crippen molar-refractivity contribution in [3.8, 4) is 0 Å². The van der Waals surface area contributed by atoms with Gasteiger partial charge in [0.2, 0.25) is 0 Å². The fourth-order valence-corrected chi connectivity index (χ4v) is 4.39. The van der Waals surface area contributed by atoms with Crippen LogP contribution in [0.15, 0.2) is 0 Å². The summed E-state index contributed by atoms with van der Waals surface area (Å²) in [6.45, 7) is 6.24. The van der Waals surface area contributed by atoms with Crippen LogP contribution in [-0.4, -0.2) is 68.5 Å². The van der Waals surface area contributed by atoms with E-state index in [0.717, 1.165) is 19.4 Å². The molecule has 3 atom stereocenters. The number of hydrogen-bond acceptors (Lipinski definition) is 4. The number of ether oxygens (including phenoxy) is 1. The molecule has 2 rings (SSSR count). The topological polar surface area (TPSA) is 61.9 Å². The molecular weight excluding hydrogens is 266 g/mol. The van der Waals surface area contributed by atoms with Crippen molar-refractivity contribution in [1.29, 1.82) is 0 Å². The third-order valence-electron chi connectivity index (χ3n) is 3.75. The zero-order chi connectivity index (χ0) is 14.0. The second-order valence-electron chi connectivity index (χ2n) is 5.66. The molecule has 2 saturated heterocycles. The zero-order valence-electron chi connectivity index (χ0n) is 12.0. The molecule has 2 heterocycles. The minimum Gasteiger partial charge on any atom is -0.373 e. The number of likely N-dealkylation sites (N-methyl/N-ethyl adjacent to an activating group) is 1. The molecule has 0 amide bonds. The molecule has 0 spiro atoms. The Morgan fingerprint density at radius 3 is 2.47 bits per heavy atom. The maximum Gasteiger partial charge on any atom is 0.281 e. The number of nitrogens with zero attached hydrogens (tertiary/aromatic N) is 2. The van der Waals surface area contributed by atoms with Gasteiger partial charge in [0.05, 0.1) is 12.2 Å². The van der Waals surface area contributed by atoms with Gasteiger partial charge < -0.3 is 10.1 Å². The molecule has 0 aromatic carbocycles. The van der Waals surface area contributed by atoms with Crippen LogP contribution >= 0.6 is 0 Å². The van der Waals surface area contributed by atoms with Crippen molar-refractivity contribution in [3.63, 3.8) is 0 Å². The van der Waals surface area contributed by atoms with Crippen LogP contribution in [0.25, 0.3) is 0 Å². The maximum atomic E-state index is 12.5. The van der Waals surface area contributed by atoms with Crippen molar-refractivity contribution >= 4 is 10.2 Å². The fraction of sp³-hybridized carbons (Fsp3) is 1.00. The number of rotatable bonds is 4. The molecule has 0 bridgehead atoms. The van der Waals surface area contributed by atoms with E-state index in [4.69, 9.17) is 4.74 Å². The summed E-state index contributed by atoms with van der Waals surface area (Å²) in [5.74, 6) is 0. The van der Waals surface area contributed by atoms with Gasteiger partial charge in [0.15, 0.2) is 0 Å². The van der Waals surface area contributed by atoms with Crippen LogP contribution < -0.4 is 5.32 Å². The molecule has 0 aromatic rings. The second-order valence-corrected chi connectivity index (χ2v) is 7.69. The molecule has 0 radical (unpaired) electrons. The van der Waals surface area contributed by atoms with Gasteiger partial charge in [-0.3, -0.25) is 0 Å². The molecule has 3 unspecified atom stereocenters. The van der Waals surface area contributed by atoms with Crippen LogP contribution in [0.1, 0.15) is 26.7 Å². The van der Waals surface area contributed by atoms with Crippen LogP contribution in [0.4, 0.5) is 0 Å². The van der Waals surface area contributed by atoms with Crippen molar-refractivity contribution in [1.82, 2.24) is 13.9 Å². The quantitative estimate of drug-likeness (QED) is 0.793. The molecule has 112 valence electrons. The van der Waals surface area contributed by atoms with E-state index in [9.17, 15) is 8.42 Å². The standard InChI is InChI=1S/C12H25N3O3S/c1-10-7-15(8-11(2)18-10)19(16,17)14(3)9-12-5-4-6-13-12/h10-13H,4-9H2,1-3H3. The predicted octanol–water partition coefficient (Wildman–Crippen LogP) is 0.0242. The third kappa shape index (κ3) is 3.66. The van der Waals surface area contributed by atoms with E-state index in [-0.39, 0.29) is 18.2 Å². The largest absolute Gasteiger partial charge is 0.373 e. The molecule has 7 heteroatoms. The Labute approximate surface area is 116 Å². The Hall–Kier alpha value is -0.210. The smallest absolute Gasteiger partial charge is 0.281 e. The first-order valence-electron chi connectivity index (χ1n) is 7.00. The molecule has 19 heavy (non-hydrogen) atoms. The monoisotopic (exact) mass is 291 g/mol. The van der Waals surface area contributed by atoms with Crippen LogP contribution in [-0.2, 0) is 14.9 Å². The van der Waals surface area contributed by atoms with Crippen molar-refractivity contribution < 1.29 is 13.2 Å².